The van der Waals surface area contributed by atoms with Gasteiger partial charge in [0.05, 0.1) is 5.56 Å². The number of amidine groups is 1. The molecule has 2 rings (SSSR count). The molecule has 1 aromatic carbocycles. The number of aryl methyl sites for hydroxylation is 3. The van der Waals surface area contributed by atoms with Crippen molar-refractivity contribution in [3.05, 3.63) is 58.3 Å². The molecule has 0 unspecified atom stereocenters. The van der Waals surface area contributed by atoms with Crippen molar-refractivity contribution in [2.24, 2.45) is 5.73 Å². The molecule has 20 heavy (non-hydrogen) atoms. The van der Waals surface area contributed by atoms with Crippen molar-refractivity contribution < 1.29 is 0 Å². The first-order valence-corrected chi connectivity index (χ1v) is 7.47. The first-order chi connectivity index (χ1) is 9.47. The lowest BCUT2D eigenvalue weighted by atomic mass is 10.1. The highest BCUT2D eigenvalue weighted by Crippen LogP contribution is 2.27. The van der Waals surface area contributed by atoms with E-state index in [2.05, 4.69) is 36.2 Å². The average Bonchev–Trinajstić information content (AvgIpc) is 2.35. The fraction of sp³-hybridized carbons (Fsp3) is 0.250. The number of benzene rings is 1. The number of rotatable bonds is 4. The van der Waals surface area contributed by atoms with Gasteiger partial charge in [0.15, 0.2) is 0 Å². The largest absolute Gasteiger partial charge is 0.384 e. The van der Waals surface area contributed by atoms with E-state index in [1.54, 1.807) is 11.8 Å². The van der Waals surface area contributed by atoms with E-state index in [9.17, 15) is 0 Å². The lowest BCUT2D eigenvalue weighted by Gasteiger charge is -2.11. The zero-order valence-electron chi connectivity index (χ0n) is 12.0. The molecule has 1 heterocycles. The standard InChI is InChI=1S/C16H19N3S/c1-10-5-4-6-13(7-10)9-20-16-14(15(17)18)11(2)8-12(3)19-16/h4-8H,9H2,1-3H3,(H3,17,18). The summed E-state index contributed by atoms with van der Waals surface area (Å²) in [6, 6.07) is 10.4. The molecule has 0 radical (unpaired) electrons. The molecule has 0 fully saturated rings. The van der Waals surface area contributed by atoms with Gasteiger partial charge in [-0.1, -0.05) is 29.8 Å². The second-order valence-electron chi connectivity index (χ2n) is 4.95. The number of thioether (sulfide) groups is 1. The predicted molar refractivity (Wildman–Crippen MR) is 85.5 cm³/mol. The normalized spacial score (nSPS) is 10.6. The van der Waals surface area contributed by atoms with Crippen molar-refractivity contribution in [2.45, 2.75) is 31.6 Å². The van der Waals surface area contributed by atoms with E-state index in [1.165, 1.54) is 11.1 Å². The van der Waals surface area contributed by atoms with Crippen LogP contribution in [0.15, 0.2) is 35.4 Å². The topological polar surface area (TPSA) is 62.8 Å². The van der Waals surface area contributed by atoms with E-state index >= 15 is 0 Å². The maximum Gasteiger partial charge on any atom is 0.125 e. The summed E-state index contributed by atoms with van der Waals surface area (Å²) >= 11 is 1.63. The van der Waals surface area contributed by atoms with E-state index in [4.69, 9.17) is 11.1 Å². The van der Waals surface area contributed by atoms with Gasteiger partial charge in [-0.3, -0.25) is 5.41 Å². The van der Waals surface area contributed by atoms with E-state index in [0.29, 0.717) is 0 Å². The van der Waals surface area contributed by atoms with E-state index in [1.807, 2.05) is 19.9 Å². The first kappa shape index (κ1) is 14.6. The summed E-state index contributed by atoms with van der Waals surface area (Å²) in [6.45, 7) is 6.03. The fourth-order valence-electron chi connectivity index (χ4n) is 2.19. The van der Waals surface area contributed by atoms with Gasteiger partial charge in [-0.25, -0.2) is 4.98 Å². The number of pyridine rings is 1. The van der Waals surface area contributed by atoms with E-state index in [0.717, 1.165) is 27.6 Å². The quantitative estimate of drug-likeness (QED) is 0.512. The summed E-state index contributed by atoms with van der Waals surface area (Å²) in [6.07, 6.45) is 0. The van der Waals surface area contributed by atoms with Crippen molar-refractivity contribution >= 4 is 17.6 Å². The first-order valence-electron chi connectivity index (χ1n) is 6.48. The molecule has 2 aromatic rings. The minimum Gasteiger partial charge on any atom is -0.384 e. The van der Waals surface area contributed by atoms with Crippen LogP contribution in [0.5, 0.6) is 0 Å². The summed E-state index contributed by atoms with van der Waals surface area (Å²) in [5.74, 6) is 0.916. The number of hydrogen-bond acceptors (Lipinski definition) is 3. The van der Waals surface area contributed by atoms with Crippen LogP contribution >= 0.6 is 11.8 Å². The zero-order valence-corrected chi connectivity index (χ0v) is 12.8. The summed E-state index contributed by atoms with van der Waals surface area (Å²) in [5, 5.41) is 8.57. The monoisotopic (exact) mass is 285 g/mol. The number of hydrogen-bond donors (Lipinski definition) is 2. The highest BCUT2D eigenvalue weighted by Gasteiger charge is 2.12. The van der Waals surface area contributed by atoms with Crippen LogP contribution in [0.3, 0.4) is 0 Å². The van der Waals surface area contributed by atoms with Gasteiger partial charge in [0.25, 0.3) is 0 Å². The van der Waals surface area contributed by atoms with Crippen LogP contribution < -0.4 is 5.73 Å². The Morgan fingerprint density at radius 3 is 2.65 bits per heavy atom. The Kier molecular flexibility index (Phi) is 4.45. The minimum absolute atomic E-state index is 0.0849. The molecule has 0 aliphatic carbocycles. The van der Waals surface area contributed by atoms with Gasteiger partial charge in [-0.2, -0.15) is 0 Å². The van der Waals surface area contributed by atoms with Gasteiger partial charge >= 0.3 is 0 Å². The van der Waals surface area contributed by atoms with Crippen LogP contribution in [-0.2, 0) is 5.75 Å². The Labute approximate surface area is 124 Å². The lowest BCUT2D eigenvalue weighted by Crippen LogP contribution is -2.15. The van der Waals surface area contributed by atoms with Crippen LogP contribution in [0.4, 0.5) is 0 Å². The Morgan fingerprint density at radius 2 is 2.00 bits per heavy atom. The Hall–Kier alpha value is -1.81. The molecule has 3 N–H and O–H groups in total. The van der Waals surface area contributed by atoms with Crippen molar-refractivity contribution in [2.75, 3.05) is 0 Å². The van der Waals surface area contributed by atoms with Crippen molar-refractivity contribution in [3.63, 3.8) is 0 Å². The maximum absolute atomic E-state index is 7.73. The molecule has 0 atom stereocenters. The van der Waals surface area contributed by atoms with Crippen LogP contribution in [-0.4, -0.2) is 10.8 Å². The van der Waals surface area contributed by atoms with Crippen molar-refractivity contribution in [1.82, 2.24) is 4.98 Å². The SMILES string of the molecule is Cc1cccc(CSc2nc(C)cc(C)c2C(=N)N)c1. The zero-order chi connectivity index (χ0) is 14.7. The van der Waals surface area contributed by atoms with Crippen molar-refractivity contribution in [1.29, 1.82) is 5.41 Å². The smallest absolute Gasteiger partial charge is 0.125 e. The second kappa shape index (κ2) is 6.09. The molecule has 0 spiro atoms. The molecule has 0 aliphatic heterocycles. The van der Waals surface area contributed by atoms with Crippen LogP contribution in [0.25, 0.3) is 0 Å². The average molecular weight is 285 g/mol. The fourth-order valence-corrected chi connectivity index (χ4v) is 3.29. The van der Waals surface area contributed by atoms with Gasteiger partial charge in [-0.05, 0) is 38.0 Å². The highest BCUT2D eigenvalue weighted by molar-refractivity contribution is 7.98. The molecular weight excluding hydrogens is 266 g/mol. The van der Waals surface area contributed by atoms with Gasteiger partial charge in [0.1, 0.15) is 10.9 Å². The van der Waals surface area contributed by atoms with Gasteiger partial charge in [0.2, 0.25) is 0 Å². The van der Waals surface area contributed by atoms with E-state index in [-0.39, 0.29) is 5.84 Å². The van der Waals surface area contributed by atoms with E-state index < -0.39 is 0 Å². The Bertz CT molecular complexity index is 650. The number of nitrogen functional groups attached to an aromatic ring is 1. The van der Waals surface area contributed by atoms with Crippen molar-refractivity contribution in [3.8, 4) is 0 Å². The van der Waals surface area contributed by atoms with Crippen LogP contribution in [0, 0.1) is 26.2 Å². The van der Waals surface area contributed by atoms with Gasteiger partial charge in [-0.15, -0.1) is 11.8 Å². The third-order valence-corrected chi connectivity index (χ3v) is 4.09. The number of nitrogens with one attached hydrogen (secondary N) is 1. The Morgan fingerprint density at radius 1 is 1.25 bits per heavy atom. The molecule has 0 aliphatic rings. The molecule has 4 heteroatoms. The van der Waals surface area contributed by atoms with Gasteiger partial charge < -0.3 is 5.73 Å². The summed E-state index contributed by atoms with van der Waals surface area (Å²) in [7, 11) is 0. The van der Waals surface area contributed by atoms with Crippen LogP contribution in [0.1, 0.15) is 27.9 Å². The molecule has 3 nitrogen and oxygen atoms in total. The molecule has 1 aromatic heterocycles. The summed E-state index contributed by atoms with van der Waals surface area (Å²) < 4.78 is 0. The third-order valence-electron chi connectivity index (χ3n) is 3.04. The molecule has 0 saturated carbocycles. The molecule has 0 amide bonds. The predicted octanol–water partition coefficient (Wildman–Crippen LogP) is 3.58. The number of nitrogens with two attached hydrogens (primary N) is 1. The number of nitrogens with zero attached hydrogens (tertiary/aromatic N) is 1. The second-order valence-corrected chi connectivity index (χ2v) is 5.92. The Balaban J connectivity index is 2.27. The maximum atomic E-state index is 7.73. The molecule has 0 bridgehead atoms. The summed E-state index contributed by atoms with van der Waals surface area (Å²) in [5.41, 5.74) is 10.9. The van der Waals surface area contributed by atoms with Gasteiger partial charge in [0, 0.05) is 11.4 Å². The summed E-state index contributed by atoms with van der Waals surface area (Å²) in [4.78, 5) is 4.53. The minimum atomic E-state index is 0.0849. The van der Waals surface area contributed by atoms with Crippen LogP contribution in [0.2, 0.25) is 0 Å². The molecule has 104 valence electrons. The highest BCUT2D eigenvalue weighted by atomic mass is 32.2. The lowest BCUT2D eigenvalue weighted by molar-refractivity contribution is 1.03. The molecule has 0 saturated heterocycles. The third kappa shape index (κ3) is 3.39. The molecular formula is C16H19N3S. The number of aromatic nitrogens is 1.